The largest absolute Gasteiger partial charge is 0.332 e. The molecule has 0 radical (unpaired) electrons. The van der Waals surface area contributed by atoms with Crippen molar-refractivity contribution in [3.05, 3.63) is 88.5 Å². The number of benzene rings is 3. The SMILES string of the molecule is Cc1nn(Cc2c(F)c(F)c(F)c(F)c2F)c(C)c1NC(=S)Nc1cccc2ccccc12. The molecule has 0 aliphatic heterocycles. The third kappa shape index (κ3) is 4.13. The minimum Gasteiger partial charge on any atom is -0.332 e. The van der Waals surface area contributed by atoms with E-state index >= 15 is 0 Å². The number of thiocarbonyl (C=S) groups is 1. The van der Waals surface area contributed by atoms with E-state index in [0.29, 0.717) is 17.1 Å². The standard InChI is InChI=1S/C23H17F5N4S/c1-11-22(30-23(33)29-16-9-5-7-13-6-3-4-8-14(13)16)12(2)32(31-11)10-15-17(24)19(26)21(28)20(27)18(15)25/h3-9H,10H2,1-2H3,(H2,29,30,33). The fourth-order valence-corrected chi connectivity index (χ4v) is 3.78. The van der Waals surface area contributed by atoms with Gasteiger partial charge in [-0.2, -0.15) is 5.10 Å². The zero-order chi connectivity index (χ0) is 23.9. The average Bonchev–Trinajstić information content (AvgIpc) is 3.06. The maximum atomic E-state index is 14.1. The monoisotopic (exact) mass is 476 g/mol. The zero-order valence-corrected chi connectivity index (χ0v) is 18.3. The summed E-state index contributed by atoms with van der Waals surface area (Å²) in [5, 5.41) is 12.5. The van der Waals surface area contributed by atoms with E-state index < -0.39 is 41.2 Å². The lowest BCUT2D eigenvalue weighted by Gasteiger charge is -2.13. The predicted octanol–water partition coefficient (Wildman–Crippen LogP) is 6.21. The molecule has 0 amide bonds. The quantitative estimate of drug-likeness (QED) is 0.159. The van der Waals surface area contributed by atoms with E-state index in [1.807, 2.05) is 42.5 Å². The number of nitrogens with zero attached hydrogens (tertiary/aromatic N) is 2. The van der Waals surface area contributed by atoms with E-state index in [-0.39, 0.29) is 5.11 Å². The number of rotatable bonds is 4. The second kappa shape index (κ2) is 8.78. The first-order valence-electron chi connectivity index (χ1n) is 9.79. The molecule has 0 atom stereocenters. The van der Waals surface area contributed by atoms with Crippen molar-refractivity contribution >= 4 is 39.5 Å². The van der Waals surface area contributed by atoms with Crippen LogP contribution < -0.4 is 10.6 Å². The summed E-state index contributed by atoms with van der Waals surface area (Å²) >= 11 is 5.41. The van der Waals surface area contributed by atoms with Gasteiger partial charge < -0.3 is 10.6 Å². The van der Waals surface area contributed by atoms with Crippen molar-refractivity contribution < 1.29 is 22.0 Å². The maximum Gasteiger partial charge on any atom is 0.200 e. The van der Waals surface area contributed by atoms with Crippen LogP contribution in [-0.2, 0) is 6.54 Å². The maximum absolute atomic E-state index is 14.1. The Morgan fingerprint density at radius 3 is 2.15 bits per heavy atom. The lowest BCUT2D eigenvalue weighted by atomic mass is 10.1. The molecule has 0 unspecified atom stereocenters. The Balaban J connectivity index is 1.59. The molecule has 0 spiro atoms. The van der Waals surface area contributed by atoms with Crippen LogP contribution in [0, 0.1) is 42.9 Å². The number of nitrogens with one attached hydrogen (secondary N) is 2. The third-order valence-electron chi connectivity index (χ3n) is 5.27. The molecule has 0 aliphatic rings. The molecule has 0 saturated carbocycles. The van der Waals surface area contributed by atoms with Crippen molar-refractivity contribution in [3.8, 4) is 0 Å². The van der Waals surface area contributed by atoms with Crippen molar-refractivity contribution in [2.75, 3.05) is 10.6 Å². The van der Waals surface area contributed by atoms with E-state index in [1.54, 1.807) is 13.8 Å². The first-order valence-corrected chi connectivity index (χ1v) is 10.2. The molecule has 1 heterocycles. The fraction of sp³-hybridized carbons (Fsp3) is 0.130. The van der Waals surface area contributed by atoms with Crippen molar-refractivity contribution in [1.29, 1.82) is 0 Å². The number of hydrogen-bond donors (Lipinski definition) is 2. The van der Waals surface area contributed by atoms with Crippen molar-refractivity contribution in [2.24, 2.45) is 0 Å². The number of aromatic nitrogens is 2. The Morgan fingerprint density at radius 1 is 0.848 bits per heavy atom. The molecule has 0 saturated heterocycles. The van der Waals surface area contributed by atoms with Gasteiger partial charge >= 0.3 is 0 Å². The lowest BCUT2D eigenvalue weighted by molar-refractivity contribution is 0.366. The Labute approximate surface area is 191 Å². The van der Waals surface area contributed by atoms with Gasteiger partial charge in [0.1, 0.15) is 0 Å². The molecule has 2 N–H and O–H groups in total. The van der Waals surface area contributed by atoms with E-state index in [0.717, 1.165) is 21.1 Å². The van der Waals surface area contributed by atoms with Gasteiger partial charge in [-0.15, -0.1) is 0 Å². The van der Waals surface area contributed by atoms with Crippen LogP contribution in [0.4, 0.5) is 33.3 Å². The molecule has 0 fully saturated rings. The molecule has 1 aromatic heterocycles. The van der Waals surface area contributed by atoms with Gasteiger partial charge in [-0.25, -0.2) is 22.0 Å². The molecule has 33 heavy (non-hydrogen) atoms. The number of fused-ring (bicyclic) bond motifs is 1. The lowest BCUT2D eigenvalue weighted by Crippen LogP contribution is -2.20. The summed E-state index contributed by atoms with van der Waals surface area (Å²) in [6.07, 6.45) is 0. The number of anilines is 2. The summed E-state index contributed by atoms with van der Waals surface area (Å²) in [4.78, 5) is 0. The number of hydrogen-bond acceptors (Lipinski definition) is 2. The van der Waals surface area contributed by atoms with Gasteiger partial charge in [0.15, 0.2) is 28.4 Å². The van der Waals surface area contributed by atoms with Gasteiger partial charge in [0.2, 0.25) is 5.82 Å². The summed E-state index contributed by atoms with van der Waals surface area (Å²) in [6, 6.07) is 13.5. The van der Waals surface area contributed by atoms with Crippen LogP contribution in [-0.4, -0.2) is 14.9 Å². The number of aryl methyl sites for hydroxylation is 1. The Kier molecular flexibility index (Phi) is 6.03. The van der Waals surface area contributed by atoms with Crippen molar-refractivity contribution in [1.82, 2.24) is 9.78 Å². The van der Waals surface area contributed by atoms with Gasteiger partial charge in [-0.05, 0) is 37.5 Å². The first-order chi connectivity index (χ1) is 15.7. The molecular weight excluding hydrogens is 459 g/mol. The molecule has 4 rings (SSSR count). The van der Waals surface area contributed by atoms with Crippen molar-refractivity contribution in [2.45, 2.75) is 20.4 Å². The second-order valence-corrected chi connectivity index (χ2v) is 7.77. The minimum atomic E-state index is -2.20. The van der Waals surface area contributed by atoms with Gasteiger partial charge in [0.05, 0.1) is 29.2 Å². The average molecular weight is 476 g/mol. The normalized spacial score (nSPS) is 11.1. The van der Waals surface area contributed by atoms with Crippen LogP contribution in [0.25, 0.3) is 10.8 Å². The van der Waals surface area contributed by atoms with Gasteiger partial charge in [0.25, 0.3) is 0 Å². The highest BCUT2D eigenvalue weighted by molar-refractivity contribution is 7.80. The van der Waals surface area contributed by atoms with Crippen LogP contribution >= 0.6 is 12.2 Å². The molecule has 4 aromatic rings. The van der Waals surface area contributed by atoms with Crippen LogP contribution in [0.5, 0.6) is 0 Å². The summed E-state index contributed by atoms with van der Waals surface area (Å²) in [7, 11) is 0. The molecule has 3 aromatic carbocycles. The van der Waals surface area contributed by atoms with Gasteiger partial charge in [-0.1, -0.05) is 36.4 Å². The molecule has 0 aliphatic carbocycles. The summed E-state index contributed by atoms with van der Waals surface area (Å²) < 4.78 is 69.8. The Bertz CT molecular complexity index is 1370. The Morgan fingerprint density at radius 2 is 1.45 bits per heavy atom. The van der Waals surface area contributed by atoms with Crippen LogP contribution in [0.1, 0.15) is 17.0 Å². The summed E-state index contributed by atoms with van der Waals surface area (Å²) in [5.41, 5.74) is 1.09. The zero-order valence-electron chi connectivity index (χ0n) is 17.4. The Hall–Kier alpha value is -3.53. The summed E-state index contributed by atoms with van der Waals surface area (Å²) in [6.45, 7) is 2.57. The topological polar surface area (TPSA) is 41.9 Å². The van der Waals surface area contributed by atoms with E-state index in [2.05, 4.69) is 15.7 Å². The minimum absolute atomic E-state index is 0.244. The predicted molar refractivity (Wildman–Crippen MR) is 121 cm³/mol. The smallest absolute Gasteiger partial charge is 0.200 e. The van der Waals surface area contributed by atoms with E-state index in [4.69, 9.17) is 12.2 Å². The van der Waals surface area contributed by atoms with Crippen LogP contribution in [0.3, 0.4) is 0 Å². The van der Waals surface area contributed by atoms with E-state index in [1.165, 1.54) is 0 Å². The van der Waals surface area contributed by atoms with E-state index in [9.17, 15) is 22.0 Å². The molecular formula is C23H17F5N4S. The van der Waals surface area contributed by atoms with Crippen LogP contribution in [0.15, 0.2) is 42.5 Å². The first kappa shape index (κ1) is 22.7. The molecule has 0 bridgehead atoms. The highest BCUT2D eigenvalue weighted by Crippen LogP contribution is 2.27. The molecule has 4 nitrogen and oxygen atoms in total. The van der Waals surface area contributed by atoms with Gasteiger partial charge in [0, 0.05) is 11.1 Å². The second-order valence-electron chi connectivity index (χ2n) is 7.36. The highest BCUT2D eigenvalue weighted by Gasteiger charge is 2.26. The molecule has 170 valence electrons. The number of halogens is 5. The third-order valence-corrected chi connectivity index (χ3v) is 5.47. The van der Waals surface area contributed by atoms with Gasteiger partial charge in [-0.3, -0.25) is 4.68 Å². The van der Waals surface area contributed by atoms with Crippen LogP contribution in [0.2, 0.25) is 0 Å². The molecule has 10 heteroatoms. The fourth-order valence-electron chi connectivity index (χ4n) is 3.57. The van der Waals surface area contributed by atoms with Crippen molar-refractivity contribution in [3.63, 3.8) is 0 Å². The summed E-state index contributed by atoms with van der Waals surface area (Å²) in [5.74, 6) is -9.97. The highest BCUT2D eigenvalue weighted by atomic mass is 32.1.